The molecule has 2 rings (SSSR count). The highest BCUT2D eigenvalue weighted by atomic mass is 16.6. The average molecular weight is 211 g/mol. The van der Waals surface area contributed by atoms with Gasteiger partial charge in [-0.1, -0.05) is 6.42 Å². The van der Waals surface area contributed by atoms with Gasteiger partial charge in [-0.05, 0) is 51.9 Å². The zero-order valence-electron chi connectivity index (χ0n) is 9.88. The molecule has 2 N–H and O–H groups in total. The second-order valence-corrected chi connectivity index (χ2v) is 6.12. The first-order valence-corrected chi connectivity index (χ1v) is 5.83. The lowest BCUT2D eigenvalue weighted by Crippen LogP contribution is -2.54. The molecule has 0 aromatic rings. The molecule has 2 aliphatic carbocycles. The fraction of sp³-hybridized carbons (Fsp3) is 0.917. The van der Waals surface area contributed by atoms with E-state index in [0.29, 0.717) is 11.8 Å². The number of hydrogen-bond donors (Lipinski definition) is 1. The fourth-order valence-corrected chi connectivity index (χ4v) is 3.00. The van der Waals surface area contributed by atoms with Crippen molar-refractivity contribution in [2.45, 2.75) is 57.6 Å². The summed E-state index contributed by atoms with van der Waals surface area (Å²) in [6.07, 6.45) is 4.29. The van der Waals surface area contributed by atoms with Crippen molar-refractivity contribution in [3.05, 3.63) is 0 Å². The quantitative estimate of drug-likeness (QED) is 0.673. The van der Waals surface area contributed by atoms with E-state index in [4.69, 9.17) is 10.5 Å². The van der Waals surface area contributed by atoms with Crippen LogP contribution >= 0.6 is 0 Å². The summed E-state index contributed by atoms with van der Waals surface area (Å²) in [5, 5.41) is 0. The zero-order chi connectivity index (χ0) is 11.3. The van der Waals surface area contributed by atoms with E-state index in [-0.39, 0.29) is 5.97 Å². The highest BCUT2D eigenvalue weighted by Gasteiger charge is 2.54. The molecule has 0 aromatic carbocycles. The molecule has 0 unspecified atom stereocenters. The van der Waals surface area contributed by atoms with Gasteiger partial charge in [0, 0.05) is 0 Å². The maximum Gasteiger partial charge on any atom is 0.326 e. The molecule has 0 heterocycles. The van der Waals surface area contributed by atoms with Crippen LogP contribution in [-0.4, -0.2) is 17.1 Å². The van der Waals surface area contributed by atoms with E-state index in [2.05, 4.69) is 0 Å². The maximum atomic E-state index is 12.0. The fourth-order valence-electron chi connectivity index (χ4n) is 3.00. The second-order valence-electron chi connectivity index (χ2n) is 6.12. The molecular weight excluding hydrogens is 190 g/mol. The summed E-state index contributed by atoms with van der Waals surface area (Å²) in [7, 11) is 0. The molecule has 0 spiro atoms. The van der Waals surface area contributed by atoms with Gasteiger partial charge in [0.15, 0.2) is 0 Å². The van der Waals surface area contributed by atoms with E-state index in [1.807, 2.05) is 20.8 Å². The molecule has 2 aliphatic rings. The lowest BCUT2D eigenvalue weighted by Gasteiger charge is -2.34. The van der Waals surface area contributed by atoms with Crippen molar-refractivity contribution in [2.75, 3.05) is 0 Å². The van der Waals surface area contributed by atoms with Crippen LogP contribution in [0.4, 0.5) is 0 Å². The molecule has 0 amide bonds. The third-order valence-corrected chi connectivity index (χ3v) is 3.68. The molecule has 86 valence electrons. The molecule has 3 heteroatoms. The lowest BCUT2D eigenvalue weighted by atomic mass is 9.82. The van der Waals surface area contributed by atoms with Gasteiger partial charge in [-0.15, -0.1) is 0 Å². The highest BCUT2D eigenvalue weighted by molar-refractivity contribution is 5.82. The Morgan fingerprint density at radius 1 is 1.40 bits per heavy atom. The van der Waals surface area contributed by atoms with Crippen molar-refractivity contribution in [2.24, 2.45) is 17.6 Å². The summed E-state index contributed by atoms with van der Waals surface area (Å²) >= 11 is 0. The van der Waals surface area contributed by atoms with Crippen molar-refractivity contribution in [1.82, 2.24) is 0 Å². The Morgan fingerprint density at radius 3 is 2.47 bits per heavy atom. The Labute approximate surface area is 91.4 Å². The van der Waals surface area contributed by atoms with Crippen LogP contribution in [0, 0.1) is 11.8 Å². The van der Waals surface area contributed by atoms with Crippen LogP contribution in [0.15, 0.2) is 0 Å². The van der Waals surface area contributed by atoms with Crippen molar-refractivity contribution in [1.29, 1.82) is 0 Å². The Balaban J connectivity index is 2.07. The molecule has 15 heavy (non-hydrogen) atoms. The van der Waals surface area contributed by atoms with Crippen molar-refractivity contribution < 1.29 is 9.53 Å². The van der Waals surface area contributed by atoms with Crippen LogP contribution in [0.3, 0.4) is 0 Å². The molecule has 3 nitrogen and oxygen atoms in total. The van der Waals surface area contributed by atoms with E-state index >= 15 is 0 Å². The minimum absolute atomic E-state index is 0.192. The SMILES string of the molecule is CC(C)(C)OC(=O)[C@@]1(N)C[C@H]2CC[C@@H]1C2. The molecule has 0 aliphatic heterocycles. The average Bonchev–Trinajstić information content (AvgIpc) is 2.60. The Kier molecular flexibility index (Phi) is 2.34. The van der Waals surface area contributed by atoms with Gasteiger partial charge < -0.3 is 10.5 Å². The van der Waals surface area contributed by atoms with E-state index in [1.54, 1.807) is 0 Å². The zero-order valence-corrected chi connectivity index (χ0v) is 9.88. The number of rotatable bonds is 1. The summed E-state index contributed by atoms with van der Waals surface area (Å²) < 4.78 is 5.41. The van der Waals surface area contributed by atoms with Gasteiger partial charge in [-0.25, -0.2) is 0 Å². The largest absolute Gasteiger partial charge is 0.459 e. The van der Waals surface area contributed by atoms with Crippen molar-refractivity contribution in [3.8, 4) is 0 Å². The number of carbonyl (C=O) groups excluding carboxylic acids is 1. The van der Waals surface area contributed by atoms with Gasteiger partial charge in [0.2, 0.25) is 0 Å². The summed E-state index contributed by atoms with van der Waals surface area (Å²) in [6.45, 7) is 5.67. The summed E-state index contributed by atoms with van der Waals surface area (Å²) in [4.78, 5) is 12.0. The number of esters is 1. The van der Waals surface area contributed by atoms with Crippen LogP contribution in [0.25, 0.3) is 0 Å². The first-order valence-electron chi connectivity index (χ1n) is 5.83. The smallest absolute Gasteiger partial charge is 0.326 e. The van der Waals surface area contributed by atoms with E-state index in [1.165, 1.54) is 6.42 Å². The van der Waals surface area contributed by atoms with E-state index in [0.717, 1.165) is 19.3 Å². The van der Waals surface area contributed by atoms with Crippen LogP contribution in [0.2, 0.25) is 0 Å². The van der Waals surface area contributed by atoms with Gasteiger partial charge in [-0.2, -0.15) is 0 Å². The monoisotopic (exact) mass is 211 g/mol. The van der Waals surface area contributed by atoms with Crippen molar-refractivity contribution in [3.63, 3.8) is 0 Å². The normalized spacial score (nSPS) is 39.5. The number of hydrogen-bond acceptors (Lipinski definition) is 3. The van der Waals surface area contributed by atoms with Gasteiger partial charge in [-0.3, -0.25) is 4.79 Å². The second kappa shape index (κ2) is 3.21. The van der Waals surface area contributed by atoms with Gasteiger partial charge >= 0.3 is 5.97 Å². The topological polar surface area (TPSA) is 52.3 Å². The third kappa shape index (κ3) is 1.89. The first kappa shape index (κ1) is 10.9. The predicted octanol–water partition coefficient (Wildman–Crippen LogP) is 1.85. The standard InChI is InChI=1S/C12H21NO2/c1-11(2,3)15-10(14)12(13)7-8-4-5-9(12)6-8/h8-9H,4-7,13H2,1-3H3/t8-,9+,12+/m0/s1. The number of nitrogens with two attached hydrogens (primary N) is 1. The number of fused-ring (bicyclic) bond motifs is 2. The Morgan fingerprint density at radius 2 is 2.07 bits per heavy atom. The first-order chi connectivity index (χ1) is 6.81. The predicted molar refractivity (Wildman–Crippen MR) is 58.2 cm³/mol. The lowest BCUT2D eigenvalue weighted by molar-refractivity contribution is -0.163. The number of ether oxygens (including phenoxy) is 1. The molecule has 2 saturated carbocycles. The summed E-state index contributed by atoms with van der Waals surface area (Å²) in [5.41, 5.74) is 5.11. The maximum absolute atomic E-state index is 12.0. The van der Waals surface area contributed by atoms with Gasteiger partial charge in [0.05, 0.1) is 0 Å². The molecule has 0 radical (unpaired) electrons. The Bertz CT molecular complexity index is 282. The highest BCUT2D eigenvalue weighted by Crippen LogP contribution is 2.50. The molecule has 2 bridgehead atoms. The van der Waals surface area contributed by atoms with E-state index in [9.17, 15) is 4.79 Å². The molecule has 3 atom stereocenters. The Hall–Kier alpha value is -0.570. The third-order valence-electron chi connectivity index (χ3n) is 3.68. The van der Waals surface area contributed by atoms with Crippen LogP contribution in [0.1, 0.15) is 46.5 Å². The summed E-state index contributed by atoms with van der Waals surface area (Å²) in [6, 6.07) is 0. The van der Waals surface area contributed by atoms with Crippen LogP contribution in [0.5, 0.6) is 0 Å². The molecule has 2 fully saturated rings. The van der Waals surface area contributed by atoms with Crippen LogP contribution < -0.4 is 5.73 Å². The summed E-state index contributed by atoms with van der Waals surface area (Å²) in [5.74, 6) is 0.826. The van der Waals surface area contributed by atoms with Crippen molar-refractivity contribution >= 4 is 5.97 Å². The minimum Gasteiger partial charge on any atom is -0.459 e. The van der Waals surface area contributed by atoms with Crippen LogP contribution in [-0.2, 0) is 9.53 Å². The molecular formula is C12H21NO2. The number of carbonyl (C=O) groups is 1. The molecule has 0 saturated heterocycles. The van der Waals surface area contributed by atoms with E-state index < -0.39 is 11.1 Å². The molecule has 0 aromatic heterocycles. The minimum atomic E-state index is -0.684. The van der Waals surface area contributed by atoms with Gasteiger partial charge in [0.25, 0.3) is 0 Å². The van der Waals surface area contributed by atoms with Gasteiger partial charge in [0.1, 0.15) is 11.1 Å².